The van der Waals surface area contributed by atoms with Crippen molar-refractivity contribution in [2.45, 2.75) is 38.1 Å². The maximum absolute atomic E-state index is 12.3. The Morgan fingerprint density at radius 1 is 1.04 bits per heavy atom. The van der Waals surface area contributed by atoms with E-state index < -0.39 is 5.97 Å². The van der Waals surface area contributed by atoms with E-state index in [2.05, 4.69) is 5.32 Å². The molecule has 2 rings (SSSR count). The molecular formula is C21H25NO4. The molecule has 0 heterocycles. The number of rotatable bonds is 10. The molecule has 0 fully saturated rings. The van der Waals surface area contributed by atoms with Crippen molar-refractivity contribution >= 4 is 11.9 Å². The van der Waals surface area contributed by atoms with Gasteiger partial charge in [0.1, 0.15) is 5.75 Å². The molecule has 0 radical (unpaired) electrons. The number of carboxylic acid groups (broad SMARTS) is 1. The lowest BCUT2D eigenvalue weighted by atomic mass is 10.0. The molecule has 0 aliphatic rings. The summed E-state index contributed by atoms with van der Waals surface area (Å²) in [4.78, 5) is 23.2. The number of benzene rings is 2. The lowest BCUT2D eigenvalue weighted by Gasteiger charge is -2.18. The minimum Gasteiger partial charge on any atom is -0.497 e. The second-order valence-electron chi connectivity index (χ2n) is 6.24. The number of carbonyl (C=O) groups excluding carboxylic acids is 1. The minimum absolute atomic E-state index is 0.0354. The van der Waals surface area contributed by atoms with Gasteiger partial charge in [0.25, 0.3) is 0 Å². The summed E-state index contributed by atoms with van der Waals surface area (Å²) in [6.07, 6.45) is 2.04. The predicted octanol–water partition coefficient (Wildman–Crippen LogP) is 3.22. The van der Waals surface area contributed by atoms with E-state index in [1.807, 2.05) is 54.6 Å². The molecule has 0 aliphatic carbocycles. The van der Waals surface area contributed by atoms with Gasteiger partial charge in [-0.25, -0.2) is 0 Å². The summed E-state index contributed by atoms with van der Waals surface area (Å²) in [5.74, 6) is -0.154. The van der Waals surface area contributed by atoms with Crippen LogP contribution in [0.2, 0.25) is 0 Å². The van der Waals surface area contributed by atoms with E-state index in [-0.39, 0.29) is 18.4 Å². The maximum Gasteiger partial charge on any atom is 0.303 e. The smallest absolute Gasteiger partial charge is 0.303 e. The second-order valence-corrected chi connectivity index (χ2v) is 6.24. The molecule has 5 heteroatoms. The van der Waals surface area contributed by atoms with Crippen molar-refractivity contribution in [2.24, 2.45) is 0 Å². The Hall–Kier alpha value is -2.82. The van der Waals surface area contributed by atoms with Gasteiger partial charge < -0.3 is 15.2 Å². The van der Waals surface area contributed by atoms with Crippen LogP contribution >= 0.6 is 0 Å². The van der Waals surface area contributed by atoms with Crippen LogP contribution in [0.25, 0.3) is 0 Å². The first kappa shape index (κ1) is 19.5. The van der Waals surface area contributed by atoms with Gasteiger partial charge in [-0.05, 0) is 42.5 Å². The second kappa shape index (κ2) is 10.2. The first-order valence-corrected chi connectivity index (χ1v) is 8.75. The van der Waals surface area contributed by atoms with Gasteiger partial charge in [-0.3, -0.25) is 9.59 Å². The summed E-state index contributed by atoms with van der Waals surface area (Å²) in [5, 5.41) is 11.9. The molecule has 138 valence electrons. The Kier molecular flexibility index (Phi) is 7.68. The first-order valence-electron chi connectivity index (χ1n) is 8.75. The zero-order valence-corrected chi connectivity index (χ0v) is 15.0. The molecule has 2 aromatic rings. The number of ether oxygens (including phenoxy) is 1. The zero-order chi connectivity index (χ0) is 18.8. The highest BCUT2D eigenvalue weighted by atomic mass is 16.5. The third kappa shape index (κ3) is 6.97. The maximum atomic E-state index is 12.3. The molecule has 2 N–H and O–H groups in total. The number of aliphatic carboxylic acids is 1. The van der Waals surface area contributed by atoms with E-state index in [9.17, 15) is 9.59 Å². The predicted molar refractivity (Wildman–Crippen MR) is 100 cm³/mol. The summed E-state index contributed by atoms with van der Waals surface area (Å²) < 4.78 is 5.19. The molecule has 0 aliphatic heterocycles. The lowest BCUT2D eigenvalue weighted by molar-refractivity contribution is -0.137. The van der Waals surface area contributed by atoms with Crippen molar-refractivity contribution in [3.63, 3.8) is 0 Å². The van der Waals surface area contributed by atoms with Gasteiger partial charge in [-0.1, -0.05) is 42.5 Å². The third-order valence-corrected chi connectivity index (χ3v) is 4.17. The van der Waals surface area contributed by atoms with Crippen LogP contribution in [-0.4, -0.2) is 30.1 Å². The Morgan fingerprint density at radius 2 is 1.77 bits per heavy atom. The third-order valence-electron chi connectivity index (χ3n) is 4.17. The van der Waals surface area contributed by atoms with Crippen molar-refractivity contribution in [3.05, 3.63) is 65.7 Å². The molecule has 0 bridgehead atoms. The van der Waals surface area contributed by atoms with Gasteiger partial charge in [0.15, 0.2) is 0 Å². The van der Waals surface area contributed by atoms with Crippen molar-refractivity contribution in [1.29, 1.82) is 0 Å². The molecule has 0 saturated heterocycles. The number of hydrogen-bond donors (Lipinski definition) is 2. The van der Waals surface area contributed by atoms with Crippen molar-refractivity contribution in [2.75, 3.05) is 7.11 Å². The number of methoxy groups -OCH3 is 1. The fourth-order valence-electron chi connectivity index (χ4n) is 2.81. The average molecular weight is 355 g/mol. The molecule has 2 aromatic carbocycles. The largest absolute Gasteiger partial charge is 0.497 e. The number of carboxylic acids is 1. The van der Waals surface area contributed by atoms with Crippen LogP contribution in [0.1, 0.15) is 30.4 Å². The van der Waals surface area contributed by atoms with Crippen LogP contribution in [0.4, 0.5) is 0 Å². The highest BCUT2D eigenvalue weighted by Crippen LogP contribution is 2.14. The van der Waals surface area contributed by atoms with Gasteiger partial charge in [0, 0.05) is 18.9 Å². The molecule has 26 heavy (non-hydrogen) atoms. The molecular weight excluding hydrogens is 330 g/mol. The van der Waals surface area contributed by atoms with E-state index in [0.717, 1.165) is 16.9 Å². The van der Waals surface area contributed by atoms with Crippen LogP contribution in [0.15, 0.2) is 54.6 Å². The van der Waals surface area contributed by atoms with Crippen molar-refractivity contribution in [1.82, 2.24) is 5.32 Å². The van der Waals surface area contributed by atoms with E-state index in [0.29, 0.717) is 25.7 Å². The fraction of sp³-hybridized carbons (Fsp3) is 0.333. The van der Waals surface area contributed by atoms with E-state index >= 15 is 0 Å². The normalized spacial score (nSPS) is 11.6. The van der Waals surface area contributed by atoms with Crippen molar-refractivity contribution < 1.29 is 19.4 Å². The van der Waals surface area contributed by atoms with Crippen LogP contribution in [-0.2, 0) is 22.4 Å². The minimum atomic E-state index is -0.853. The summed E-state index contributed by atoms with van der Waals surface area (Å²) in [6.45, 7) is 0. The number of aryl methyl sites for hydroxylation is 1. The highest BCUT2D eigenvalue weighted by molar-refractivity contribution is 5.76. The van der Waals surface area contributed by atoms with Gasteiger partial charge in [0.2, 0.25) is 5.91 Å². The van der Waals surface area contributed by atoms with Crippen LogP contribution in [0.5, 0.6) is 5.75 Å². The number of nitrogens with one attached hydrogen (secondary N) is 1. The first-order chi connectivity index (χ1) is 12.6. The van der Waals surface area contributed by atoms with Gasteiger partial charge in [0.05, 0.1) is 7.11 Å². The summed E-state index contributed by atoms with van der Waals surface area (Å²) >= 11 is 0. The van der Waals surface area contributed by atoms with Gasteiger partial charge in [-0.15, -0.1) is 0 Å². The molecule has 1 unspecified atom stereocenters. The highest BCUT2D eigenvalue weighted by Gasteiger charge is 2.15. The van der Waals surface area contributed by atoms with Gasteiger partial charge in [-0.2, -0.15) is 0 Å². The molecule has 0 spiro atoms. The van der Waals surface area contributed by atoms with Crippen LogP contribution in [0.3, 0.4) is 0 Å². The lowest BCUT2D eigenvalue weighted by Crippen LogP contribution is -2.37. The fourth-order valence-corrected chi connectivity index (χ4v) is 2.81. The SMILES string of the molecule is COc1cccc(CCC(=O)NC(CCC(=O)O)Cc2ccccc2)c1. The Labute approximate surface area is 154 Å². The van der Waals surface area contributed by atoms with Crippen LogP contribution in [0, 0.1) is 0 Å². The Morgan fingerprint density at radius 3 is 2.46 bits per heavy atom. The molecule has 5 nitrogen and oxygen atoms in total. The molecule has 0 aromatic heterocycles. The average Bonchev–Trinajstić information content (AvgIpc) is 2.65. The van der Waals surface area contributed by atoms with E-state index in [1.54, 1.807) is 7.11 Å². The van der Waals surface area contributed by atoms with Gasteiger partial charge >= 0.3 is 5.97 Å². The quantitative estimate of drug-likeness (QED) is 0.686. The summed E-state index contributed by atoms with van der Waals surface area (Å²) in [7, 11) is 1.61. The standard InChI is InChI=1S/C21H25NO4/c1-26-19-9-5-8-17(15-19)10-12-20(23)22-18(11-13-21(24)25)14-16-6-3-2-4-7-16/h2-9,15,18H,10-14H2,1H3,(H,22,23)(H,24,25). The van der Waals surface area contributed by atoms with Crippen LogP contribution < -0.4 is 10.1 Å². The molecule has 0 saturated carbocycles. The molecule has 1 amide bonds. The number of hydrogen-bond acceptors (Lipinski definition) is 3. The van der Waals surface area contributed by atoms with E-state index in [4.69, 9.17) is 9.84 Å². The molecule has 1 atom stereocenters. The number of amides is 1. The topological polar surface area (TPSA) is 75.6 Å². The monoisotopic (exact) mass is 355 g/mol. The number of carbonyl (C=O) groups is 2. The van der Waals surface area contributed by atoms with E-state index in [1.165, 1.54) is 0 Å². The summed E-state index contributed by atoms with van der Waals surface area (Å²) in [6, 6.07) is 17.2. The Bertz CT molecular complexity index is 715. The summed E-state index contributed by atoms with van der Waals surface area (Å²) in [5.41, 5.74) is 2.11. The zero-order valence-electron chi connectivity index (χ0n) is 15.0. The van der Waals surface area contributed by atoms with Crippen molar-refractivity contribution in [3.8, 4) is 5.75 Å². The Balaban J connectivity index is 1.90.